The smallest absolute Gasteiger partial charge is 0.411 e. The number of piperidine rings is 2. The minimum absolute atomic E-state index is 0.0283. The van der Waals surface area contributed by atoms with Gasteiger partial charge < -0.3 is 14.2 Å². The van der Waals surface area contributed by atoms with E-state index in [-0.39, 0.29) is 35.4 Å². The normalized spacial score (nSPS) is 22.9. The molecule has 1 aliphatic carbocycles. The summed E-state index contributed by atoms with van der Waals surface area (Å²) in [5.74, 6) is -0.430. The molecule has 216 valence electrons. The van der Waals surface area contributed by atoms with Crippen LogP contribution in [-0.4, -0.2) is 67.9 Å². The molecular formula is C31H34BrFN4O4. The van der Waals surface area contributed by atoms with Crippen LogP contribution < -0.4 is 0 Å². The maximum atomic E-state index is 13.8. The molecule has 0 radical (unpaired) electrons. The first-order valence-corrected chi connectivity index (χ1v) is 15.1. The van der Waals surface area contributed by atoms with Gasteiger partial charge in [-0.15, -0.1) is 0 Å². The van der Waals surface area contributed by atoms with Gasteiger partial charge in [0, 0.05) is 52.9 Å². The number of carbonyl (C=O) groups is 3. The maximum absolute atomic E-state index is 13.8. The van der Waals surface area contributed by atoms with E-state index in [0.29, 0.717) is 41.7 Å². The molecule has 3 aromatic rings. The van der Waals surface area contributed by atoms with Crippen molar-refractivity contribution >= 4 is 44.6 Å². The van der Waals surface area contributed by atoms with Crippen molar-refractivity contribution in [2.75, 3.05) is 13.1 Å². The molecule has 6 rings (SSSR count). The zero-order valence-corrected chi connectivity index (χ0v) is 25.1. The average Bonchev–Trinajstić information content (AvgIpc) is 3.65. The third-order valence-electron chi connectivity index (χ3n) is 8.66. The number of carbonyl (C=O) groups excluding carboxylic acids is 3. The molecule has 2 saturated heterocycles. The van der Waals surface area contributed by atoms with Gasteiger partial charge in [0.2, 0.25) is 5.91 Å². The van der Waals surface area contributed by atoms with E-state index in [1.165, 1.54) is 12.1 Å². The van der Waals surface area contributed by atoms with Crippen molar-refractivity contribution in [3.05, 3.63) is 58.7 Å². The van der Waals surface area contributed by atoms with Crippen LogP contribution in [0, 0.1) is 17.7 Å². The molecule has 3 aliphatic rings. The quantitative estimate of drug-likeness (QED) is 0.326. The molecule has 41 heavy (non-hydrogen) atoms. The molecule has 4 heterocycles. The molecule has 2 aliphatic heterocycles. The lowest BCUT2D eigenvalue weighted by atomic mass is 9.88. The summed E-state index contributed by atoms with van der Waals surface area (Å²) in [5, 5.41) is 0.787. The summed E-state index contributed by atoms with van der Waals surface area (Å²) in [5.41, 5.74) is 1.43. The van der Waals surface area contributed by atoms with Crippen LogP contribution in [-0.2, 0) is 9.53 Å². The Balaban J connectivity index is 1.18. The second-order valence-corrected chi connectivity index (χ2v) is 13.3. The number of likely N-dealkylation sites (tertiary alicyclic amines) is 2. The summed E-state index contributed by atoms with van der Waals surface area (Å²) < 4.78 is 21.9. The second-order valence-electron chi connectivity index (χ2n) is 12.4. The summed E-state index contributed by atoms with van der Waals surface area (Å²) in [4.78, 5) is 48.4. The Labute approximate surface area is 247 Å². The lowest BCUT2D eigenvalue weighted by molar-refractivity contribution is -0.139. The first kappa shape index (κ1) is 27.9. The zero-order chi connectivity index (χ0) is 29.1. The topological polar surface area (TPSA) is 84.7 Å². The van der Waals surface area contributed by atoms with Crippen molar-refractivity contribution in [2.24, 2.45) is 11.8 Å². The molecule has 0 unspecified atom stereocenters. The van der Waals surface area contributed by atoms with Gasteiger partial charge in [0.1, 0.15) is 17.5 Å². The van der Waals surface area contributed by atoms with Gasteiger partial charge in [0.15, 0.2) is 5.78 Å². The molecule has 0 N–H and O–H groups in total. The monoisotopic (exact) mass is 624 g/mol. The molecule has 1 aromatic carbocycles. The number of aromatic nitrogens is 2. The summed E-state index contributed by atoms with van der Waals surface area (Å²) in [6.45, 7) is 6.45. The van der Waals surface area contributed by atoms with E-state index in [2.05, 4.69) is 20.9 Å². The highest BCUT2D eigenvalue weighted by molar-refractivity contribution is 9.10. The first-order chi connectivity index (χ1) is 19.5. The first-order valence-electron chi connectivity index (χ1n) is 14.3. The van der Waals surface area contributed by atoms with Crippen LogP contribution in [0.5, 0.6) is 0 Å². The van der Waals surface area contributed by atoms with Crippen molar-refractivity contribution in [2.45, 2.75) is 70.6 Å². The van der Waals surface area contributed by atoms with Gasteiger partial charge in [-0.3, -0.25) is 19.5 Å². The third kappa shape index (κ3) is 5.15. The number of halogens is 2. The number of benzene rings is 1. The Kier molecular flexibility index (Phi) is 7.16. The molecule has 10 heteroatoms. The SMILES string of the molecule is CC(C)(C)OC(=O)N1[C@@H]2CC[C@@H](C2)[C@H]1C(=O)N1CCC(C(=O)c2cn(-c3ccc(F)cc3Br)c3cnccc23)CC1. The predicted octanol–water partition coefficient (Wildman–Crippen LogP) is 6.14. The van der Waals surface area contributed by atoms with Gasteiger partial charge in [-0.05, 0) is 99.0 Å². The Hall–Kier alpha value is -3.27. The minimum Gasteiger partial charge on any atom is -0.444 e. The Morgan fingerprint density at radius 2 is 1.83 bits per heavy atom. The van der Waals surface area contributed by atoms with Gasteiger partial charge in [-0.1, -0.05) is 0 Å². The van der Waals surface area contributed by atoms with Crippen LogP contribution in [0.2, 0.25) is 0 Å². The van der Waals surface area contributed by atoms with Crippen LogP contribution in [0.4, 0.5) is 9.18 Å². The largest absolute Gasteiger partial charge is 0.444 e. The average molecular weight is 626 g/mol. The predicted molar refractivity (Wildman–Crippen MR) is 155 cm³/mol. The summed E-state index contributed by atoms with van der Waals surface area (Å²) in [6.07, 6.45) is 8.55. The molecule has 2 amide bonds. The number of pyridine rings is 1. The molecule has 0 spiro atoms. The number of amides is 2. The van der Waals surface area contributed by atoms with Crippen molar-refractivity contribution in [3.63, 3.8) is 0 Å². The fourth-order valence-electron chi connectivity index (χ4n) is 6.80. The van der Waals surface area contributed by atoms with E-state index in [9.17, 15) is 18.8 Å². The number of rotatable bonds is 4. The maximum Gasteiger partial charge on any atom is 0.411 e. The molecule has 2 aromatic heterocycles. The summed E-state index contributed by atoms with van der Waals surface area (Å²) in [7, 11) is 0. The number of ether oxygens (including phenoxy) is 1. The van der Waals surface area contributed by atoms with E-state index in [4.69, 9.17) is 4.74 Å². The summed E-state index contributed by atoms with van der Waals surface area (Å²) >= 11 is 3.44. The number of nitrogens with zero attached hydrogens (tertiary/aromatic N) is 4. The van der Waals surface area contributed by atoms with E-state index in [1.807, 2.05) is 36.3 Å². The highest BCUT2D eigenvalue weighted by Gasteiger charge is 2.53. The molecule has 3 fully saturated rings. The third-order valence-corrected chi connectivity index (χ3v) is 9.30. The molecular weight excluding hydrogens is 591 g/mol. The number of ketones is 1. The highest BCUT2D eigenvalue weighted by atomic mass is 79.9. The number of fused-ring (bicyclic) bond motifs is 3. The van der Waals surface area contributed by atoms with E-state index in [1.54, 1.807) is 29.6 Å². The van der Waals surface area contributed by atoms with Crippen LogP contribution >= 0.6 is 15.9 Å². The number of Topliss-reactive ketones (excluding diaryl/α,β-unsaturated/α-hetero) is 1. The highest BCUT2D eigenvalue weighted by Crippen LogP contribution is 2.44. The molecule has 8 nitrogen and oxygen atoms in total. The fourth-order valence-corrected chi connectivity index (χ4v) is 7.34. The van der Waals surface area contributed by atoms with Crippen molar-refractivity contribution in [3.8, 4) is 5.69 Å². The Morgan fingerprint density at radius 1 is 1.07 bits per heavy atom. The molecule has 2 bridgehead atoms. The lowest BCUT2D eigenvalue weighted by Gasteiger charge is -2.39. The second kappa shape index (κ2) is 10.5. The van der Waals surface area contributed by atoms with Crippen LogP contribution in [0.15, 0.2) is 47.3 Å². The Bertz CT molecular complexity index is 1520. The number of hydrogen-bond donors (Lipinski definition) is 0. The van der Waals surface area contributed by atoms with Gasteiger partial charge in [-0.25, -0.2) is 9.18 Å². The fraction of sp³-hybridized carbons (Fsp3) is 0.484. The van der Waals surface area contributed by atoms with Gasteiger partial charge in [0.25, 0.3) is 0 Å². The minimum atomic E-state index is -0.628. The lowest BCUT2D eigenvalue weighted by Crippen LogP contribution is -2.56. The van der Waals surface area contributed by atoms with Crippen LogP contribution in [0.25, 0.3) is 16.6 Å². The molecule has 3 atom stereocenters. The van der Waals surface area contributed by atoms with Gasteiger partial charge in [-0.2, -0.15) is 0 Å². The van der Waals surface area contributed by atoms with Crippen molar-refractivity contribution in [1.29, 1.82) is 0 Å². The van der Waals surface area contributed by atoms with Gasteiger partial charge >= 0.3 is 6.09 Å². The van der Waals surface area contributed by atoms with E-state index >= 15 is 0 Å². The van der Waals surface area contributed by atoms with E-state index < -0.39 is 17.7 Å². The van der Waals surface area contributed by atoms with E-state index in [0.717, 1.165) is 30.2 Å². The van der Waals surface area contributed by atoms with Gasteiger partial charge in [0.05, 0.1) is 17.4 Å². The standard InChI is InChI=1S/C31H34BrFN4O4/c1-31(2,3)41-30(40)37-21-6-4-19(14-21)27(37)29(39)35-12-9-18(10-13-35)28(38)23-17-36(26-16-34-11-8-22(23)26)25-7-5-20(33)15-24(25)32/h5,7-8,11,15-19,21,27H,4,6,9-10,12-14H2,1-3H3/t19-,21+,27-/m0/s1. The zero-order valence-electron chi connectivity index (χ0n) is 23.5. The van der Waals surface area contributed by atoms with Crippen LogP contribution in [0.3, 0.4) is 0 Å². The Morgan fingerprint density at radius 3 is 2.54 bits per heavy atom. The van der Waals surface area contributed by atoms with Crippen LogP contribution in [0.1, 0.15) is 63.2 Å². The molecule has 1 saturated carbocycles. The van der Waals surface area contributed by atoms with Crippen molar-refractivity contribution in [1.82, 2.24) is 19.4 Å². The van der Waals surface area contributed by atoms with Crippen molar-refractivity contribution < 1.29 is 23.5 Å². The summed E-state index contributed by atoms with van der Waals surface area (Å²) in [6, 6.07) is 5.84. The number of hydrogen-bond acceptors (Lipinski definition) is 5.